The SMILES string of the molecule is FC(F)(F)C1CCC(C(Cl)Cc2ccc(Cl)cc2)CC1. The summed E-state index contributed by atoms with van der Waals surface area (Å²) in [5, 5.41) is 0.566. The van der Waals surface area contributed by atoms with Gasteiger partial charge in [-0.15, -0.1) is 11.6 Å². The first-order valence-electron chi connectivity index (χ1n) is 6.81. The molecular weight excluding hydrogens is 308 g/mol. The van der Waals surface area contributed by atoms with E-state index in [1.54, 1.807) is 12.1 Å². The molecule has 1 aliphatic carbocycles. The van der Waals surface area contributed by atoms with Crippen LogP contribution in [0, 0.1) is 11.8 Å². The highest BCUT2D eigenvalue weighted by atomic mass is 35.5. The van der Waals surface area contributed by atoms with Crippen molar-refractivity contribution >= 4 is 23.2 Å². The van der Waals surface area contributed by atoms with Gasteiger partial charge in [-0.3, -0.25) is 0 Å². The van der Waals surface area contributed by atoms with Crippen molar-refractivity contribution in [1.82, 2.24) is 0 Å². The summed E-state index contributed by atoms with van der Waals surface area (Å²) in [7, 11) is 0. The second-order valence-electron chi connectivity index (χ2n) is 5.50. The fraction of sp³-hybridized carbons (Fsp3) is 0.600. The van der Waals surface area contributed by atoms with Gasteiger partial charge in [0.25, 0.3) is 0 Å². The average molecular weight is 325 g/mol. The maximum atomic E-state index is 12.6. The fourth-order valence-electron chi connectivity index (χ4n) is 2.82. The lowest BCUT2D eigenvalue weighted by atomic mass is 9.79. The second kappa shape index (κ2) is 6.57. The molecule has 0 N–H and O–H groups in total. The van der Waals surface area contributed by atoms with E-state index in [4.69, 9.17) is 23.2 Å². The zero-order valence-corrected chi connectivity index (χ0v) is 12.5. The Balaban J connectivity index is 1.85. The van der Waals surface area contributed by atoms with Gasteiger partial charge in [-0.05, 0) is 55.7 Å². The van der Waals surface area contributed by atoms with E-state index in [1.165, 1.54) is 0 Å². The molecule has 2 rings (SSSR count). The van der Waals surface area contributed by atoms with E-state index >= 15 is 0 Å². The Kier molecular flexibility index (Phi) is 5.25. The van der Waals surface area contributed by atoms with Gasteiger partial charge in [0, 0.05) is 10.4 Å². The van der Waals surface area contributed by atoms with E-state index in [9.17, 15) is 13.2 Å². The smallest absolute Gasteiger partial charge is 0.171 e. The molecular formula is C15H17Cl2F3. The number of hydrogen-bond acceptors (Lipinski definition) is 0. The summed E-state index contributed by atoms with van der Waals surface area (Å²) < 4.78 is 37.8. The molecule has 1 aromatic rings. The topological polar surface area (TPSA) is 0 Å². The molecule has 0 amide bonds. The van der Waals surface area contributed by atoms with Gasteiger partial charge >= 0.3 is 6.18 Å². The van der Waals surface area contributed by atoms with Gasteiger partial charge in [0.2, 0.25) is 0 Å². The van der Waals surface area contributed by atoms with E-state index in [2.05, 4.69) is 0 Å². The lowest BCUT2D eigenvalue weighted by Gasteiger charge is -2.32. The average Bonchev–Trinajstić information content (AvgIpc) is 2.40. The van der Waals surface area contributed by atoms with Crippen LogP contribution in [-0.4, -0.2) is 11.6 Å². The van der Waals surface area contributed by atoms with E-state index in [-0.39, 0.29) is 24.1 Å². The van der Waals surface area contributed by atoms with Gasteiger partial charge < -0.3 is 0 Å². The third-order valence-electron chi connectivity index (χ3n) is 4.09. The molecule has 1 fully saturated rings. The molecule has 1 aliphatic rings. The van der Waals surface area contributed by atoms with Crippen LogP contribution in [0.1, 0.15) is 31.2 Å². The van der Waals surface area contributed by atoms with Crippen LogP contribution in [0.15, 0.2) is 24.3 Å². The van der Waals surface area contributed by atoms with Crippen molar-refractivity contribution in [2.24, 2.45) is 11.8 Å². The number of hydrogen-bond donors (Lipinski definition) is 0. The number of alkyl halides is 4. The molecule has 20 heavy (non-hydrogen) atoms. The van der Waals surface area contributed by atoms with Crippen LogP contribution in [-0.2, 0) is 6.42 Å². The minimum Gasteiger partial charge on any atom is -0.171 e. The third kappa shape index (κ3) is 4.29. The van der Waals surface area contributed by atoms with Gasteiger partial charge in [0.1, 0.15) is 0 Å². The van der Waals surface area contributed by atoms with E-state index < -0.39 is 12.1 Å². The van der Waals surface area contributed by atoms with Crippen molar-refractivity contribution < 1.29 is 13.2 Å². The molecule has 5 heteroatoms. The first kappa shape index (κ1) is 16.0. The van der Waals surface area contributed by atoms with Crippen molar-refractivity contribution in [2.75, 3.05) is 0 Å². The minimum absolute atomic E-state index is 0.106. The molecule has 0 aliphatic heterocycles. The molecule has 0 nitrogen and oxygen atoms in total. The largest absolute Gasteiger partial charge is 0.391 e. The van der Waals surface area contributed by atoms with Gasteiger partial charge in [-0.25, -0.2) is 0 Å². The van der Waals surface area contributed by atoms with E-state index in [0.29, 0.717) is 24.3 Å². The summed E-state index contributed by atoms with van der Waals surface area (Å²) in [4.78, 5) is 0. The summed E-state index contributed by atoms with van der Waals surface area (Å²) in [5.41, 5.74) is 1.08. The number of rotatable bonds is 3. The molecule has 0 aromatic heterocycles. The molecule has 1 atom stereocenters. The van der Waals surface area contributed by atoms with E-state index in [1.807, 2.05) is 12.1 Å². The van der Waals surface area contributed by atoms with Crippen molar-refractivity contribution in [2.45, 2.75) is 43.7 Å². The predicted octanol–water partition coefficient (Wildman–Crippen LogP) is 5.86. The Bertz CT molecular complexity index is 420. The molecule has 1 saturated carbocycles. The van der Waals surface area contributed by atoms with Gasteiger partial charge in [-0.1, -0.05) is 23.7 Å². The molecule has 0 heterocycles. The van der Waals surface area contributed by atoms with E-state index in [0.717, 1.165) is 5.56 Å². The Morgan fingerprint density at radius 3 is 2.10 bits per heavy atom. The Morgan fingerprint density at radius 2 is 1.60 bits per heavy atom. The van der Waals surface area contributed by atoms with Gasteiger partial charge in [0.15, 0.2) is 0 Å². The zero-order valence-electron chi connectivity index (χ0n) is 11.0. The lowest BCUT2D eigenvalue weighted by Crippen LogP contribution is -2.31. The van der Waals surface area contributed by atoms with Crippen LogP contribution in [0.3, 0.4) is 0 Å². The quantitative estimate of drug-likeness (QED) is 0.611. The van der Waals surface area contributed by atoms with Crippen molar-refractivity contribution in [1.29, 1.82) is 0 Å². The number of benzene rings is 1. The van der Waals surface area contributed by atoms with Crippen LogP contribution in [0.25, 0.3) is 0 Å². The van der Waals surface area contributed by atoms with Crippen LogP contribution >= 0.6 is 23.2 Å². The highest BCUT2D eigenvalue weighted by Crippen LogP contribution is 2.41. The molecule has 0 radical (unpaired) electrons. The molecule has 0 bridgehead atoms. The minimum atomic E-state index is -4.05. The fourth-order valence-corrected chi connectivity index (χ4v) is 3.38. The molecule has 1 aromatic carbocycles. The van der Waals surface area contributed by atoms with Crippen molar-refractivity contribution in [3.8, 4) is 0 Å². The Morgan fingerprint density at radius 1 is 1.05 bits per heavy atom. The standard InChI is InChI=1S/C15H17Cl2F3/c16-13-7-1-10(2-8-13)9-14(17)11-3-5-12(6-4-11)15(18,19)20/h1-2,7-8,11-12,14H,3-6,9H2. The summed E-state index contributed by atoms with van der Waals surface area (Å²) in [6, 6.07) is 7.44. The zero-order chi connectivity index (χ0) is 14.8. The van der Waals surface area contributed by atoms with Crippen LogP contribution in [0.2, 0.25) is 5.02 Å². The molecule has 112 valence electrons. The van der Waals surface area contributed by atoms with Crippen LogP contribution in [0.4, 0.5) is 13.2 Å². The highest BCUT2D eigenvalue weighted by Gasteiger charge is 2.42. The summed E-state index contributed by atoms with van der Waals surface area (Å²) in [5.74, 6) is -0.968. The molecule has 0 saturated heterocycles. The summed E-state index contributed by atoms with van der Waals surface area (Å²) in [6.45, 7) is 0. The van der Waals surface area contributed by atoms with Crippen LogP contribution < -0.4 is 0 Å². The normalized spacial score (nSPS) is 25.4. The third-order valence-corrected chi connectivity index (χ3v) is 4.85. The van der Waals surface area contributed by atoms with Crippen molar-refractivity contribution in [3.05, 3.63) is 34.9 Å². The highest BCUT2D eigenvalue weighted by molar-refractivity contribution is 6.30. The van der Waals surface area contributed by atoms with Crippen LogP contribution in [0.5, 0.6) is 0 Å². The maximum absolute atomic E-state index is 12.6. The number of halogens is 5. The lowest BCUT2D eigenvalue weighted by molar-refractivity contribution is -0.183. The van der Waals surface area contributed by atoms with Gasteiger partial charge in [-0.2, -0.15) is 13.2 Å². The monoisotopic (exact) mass is 324 g/mol. The predicted molar refractivity (Wildman–Crippen MR) is 76.3 cm³/mol. The Hall–Kier alpha value is -0.410. The molecule has 1 unspecified atom stereocenters. The Labute approximate surface area is 127 Å². The first-order chi connectivity index (χ1) is 9.36. The molecule has 0 spiro atoms. The summed E-state index contributed by atoms with van der Waals surface area (Å²) >= 11 is 12.2. The summed E-state index contributed by atoms with van der Waals surface area (Å²) in [6.07, 6.45) is -1.84. The van der Waals surface area contributed by atoms with Crippen molar-refractivity contribution in [3.63, 3.8) is 0 Å². The second-order valence-corrected chi connectivity index (χ2v) is 6.50. The van der Waals surface area contributed by atoms with Gasteiger partial charge in [0.05, 0.1) is 5.92 Å². The first-order valence-corrected chi connectivity index (χ1v) is 7.63. The maximum Gasteiger partial charge on any atom is 0.391 e.